The van der Waals surface area contributed by atoms with Crippen LogP contribution >= 0.6 is 0 Å². The van der Waals surface area contributed by atoms with Gasteiger partial charge in [0.2, 0.25) is 0 Å². The average molecular weight is 246 g/mol. The number of aryl methyl sites for hydroxylation is 1. The zero-order chi connectivity index (χ0) is 13.3. The van der Waals surface area contributed by atoms with E-state index in [0.29, 0.717) is 6.54 Å². The number of urea groups is 1. The van der Waals surface area contributed by atoms with Gasteiger partial charge < -0.3 is 10.6 Å². The minimum atomic E-state index is -0.875. The van der Waals surface area contributed by atoms with Crippen LogP contribution in [0.4, 0.5) is 16.2 Å². The summed E-state index contributed by atoms with van der Waals surface area (Å²) in [5, 5.41) is 2.02. The fraction of sp³-hybridized carbons (Fsp3) is 0.250. The van der Waals surface area contributed by atoms with E-state index < -0.39 is 11.9 Å². The number of nitrogens with zero attached hydrogens (tertiary/aromatic N) is 2. The molecule has 0 bridgehead atoms. The Morgan fingerprint density at radius 2 is 2.17 bits per heavy atom. The van der Waals surface area contributed by atoms with E-state index >= 15 is 0 Å². The van der Waals surface area contributed by atoms with E-state index in [9.17, 15) is 9.59 Å². The number of rotatable bonds is 1. The molecular formula is C12H14N4O2. The molecular weight excluding hydrogens is 232 g/mol. The highest BCUT2D eigenvalue weighted by Gasteiger charge is 2.22. The van der Waals surface area contributed by atoms with Crippen molar-refractivity contribution in [3.63, 3.8) is 0 Å². The van der Waals surface area contributed by atoms with Gasteiger partial charge in [0.25, 0.3) is 5.91 Å². The number of primary amides is 1. The summed E-state index contributed by atoms with van der Waals surface area (Å²) in [6.45, 7) is 2.29. The number of anilines is 1. The molecule has 0 radical (unpaired) electrons. The van der Waals surface area contributed by atoms with Crippen LogP contribution in [0.3, 0.4) is 0 Å². The lowest BCUT2D eigenvalue weighted by Crippen LogP contribution is -2.44. The van der Waals surface area contributed by atoms with Crippen molar-refractivity contribution in [2.45, 2.75) is 6.92 Å². The molecule has 1 aromatic carbocycles. The number of carbonyl (C=O) groups is 2. The quantitative estimate of drug-likeness (QED) is 0.765. The number of imide groups is 1. The van der Waals surface area contributed by atoms with Crippen LogP contribution in [-0.4, -0.2) is 31.2 Å². The standard InChI is InChI=1S/C12H14N4O2/c1-7-3-4-10-8(5-7)14-9(6-16(10)2)11(17)15-12(13)18/h3-5H,6H2,1-2H3,(H3,13,15,17,18). The number of nitrogens with one attached hydrogen (secondary N) is 1. The van der Waals surface area contributed by atoms with E-state index in [1.807, 2.05) is 42.4 Å². The van der Waals surface area contributed by atoms with Gasteiger partial charge in [-0.15, -0.1) is 0 Å². The predicted molar refractivity (Wildman–Crippen MR) is 69.3 cm³/mol. The first-order chi connectivity index (χ1) is 8.47. The van der Waals surface area contributed by atoms with E-state index in [4.69, 9.17) is 5.73 Å². The number of benzene rings is 1. The fourth-order valence-corrected chi connectivity index (χ4v) is 1.84. The molecule has 0 aromatic heterocycles. The van der Waals surface area contributed by atoms with Crippen molar-refractivity contribution in [1.29, 1.82) is 0 Å². The minimum Gasteiger partial charge on any atom is -0.367 e. The Hall–Kier alpha value is -2.37. The van der Waals surface area contributed by atoms with E-state index in [0.717, 1.165) is 16.9 Å². The highest BCUT2D eigenvalue weighted by molar-refractivity contribution is 6.43. The maximum absolute atomic E-state index is 11.7. The molecule has 1 aliphatic heterocycles. The maximum Gasteiger partial charge on any atom is 0.319 e. The summed E-state index contributed by atoms with van der Waals surface area (Å²) in [5.41, 5.74) is 7.92. The highest BCUT2D eigenvalue weighted by Crippen LogP contribution is 2.31. The van der Waals surface area contributed by atoms with Crippen LogP contribution < -0.4 is 16.0 Å². The summed E-state index contributed by atoms with van der Waals surface area (Å²) >= 11 is 0. The van der Waals surface area contributed by atoms with Crippen LogP contribution in [0.2, 0.25) is 0 Å². The normalized spacial score (nSPS) is 13.7. The number of carbonyl (C=O) groups excluding carboxylic acids is 2. The Labute approximate surface area is 104 Å². The van der Waals surface area contributed by atoms with Crippen LogP contribution in [0, 0.1) is 6.92 Å². The summed E-state index contributed by atoms with van der Waals surface area (Å²) in [6, 6.07) is 4.96. The van der Waals surface area contributed by atoms with Crippen molar-refractivity contribution >= 4 is 29.0 Å². The molecule has 18 heavy (non-hydrogen) atoms. The Kier molecular flexibility index (Phi) is 3.01. The van der Waals surface area contributed by atoms with Crippen LogP contribution in [0.1, 0.15) is 5.56 Å². The van der Waals surface area contributed by atoms with Gasteiger partial charge in [-0.25, -0.2) is 9.79 Å². The second kappa shape index (κ2) is 4.48. The molecule has 1 aliphatic rings. The zero-order valence-corrected chi connectivity index (χ0v) is 10.2. The van der Waals surface area contributed by atoms with Gasteiger partial charge in [-0.3, -0.25) is 10.1 Å². The number of fused-ring (bicyclic) bond motifs is 1. The van der Waals surface area contributed by atoms with Crippen LogP contribution in [-0.2, 0) is 4.79 Å². The summed E-state index contributed by atoms with van der Waals surface area (Å²) in [6.07, 6.45) is 0. The van der Waals surface area contributed by atoms with Crippen molar-refractivity contribution in [2.24, 2.45) is 10.7 Å². The van der Waals surface area contributed by atoms with Gasteiger partial charge in [-0.1, -0.05) is 6.07 Å². The summed E-state index contributed by atoms with van der Waals surface area (Å²) < 4.78 is 0. The van der Waals surface area contributed by atoms with Gasteiger partial charge >= 0.3 is 6.03 Å². The predicted octanol–water partition coefficient (Wildman–Crippen LogP) is 0.712. The summed E-state index contributed by atoms with van der Waals surface area (Å²) in [5.74, 6) is -0.554. The number of amides is 3. The van der Waals surface area contributed by atoms with Crippen molar-refractivity contribution in [3.8, 4) is 0 Å². The molecule has 0 aliphatic carbocycles. The lowest BCUT2D eigenvalue weighted by Gasteiger charge is -2.26. The lowest BCUT2D eigenvalue weighted by molar-refractivity contribution is -0.113. The molecule has 1 aromatic rings. The third-order valence-corrected chi connectivity index (χ3v) is 2.68. The van der Waals surface area contributed by atoms with Crippen LogP contribution in [0.15, 0.2) is 23.2 Å². The van der Waals surface area contributed by atoms with Crippen molar-refractivity contribution in [1.82, 2.24) is 5.32 Å². The number of hydrogen-bond donors (Lipinski definition) is 2. The number of aliphatic imine (C=N–C) groups is 1. The second-order valence-electron chi connectivity index (χ2n) is 4.23. The molecule has 94 valence electrons. The minimum absolute atomic E-state index is 0.273. The molecule has 0 unspecified atom stereocenters. The van der Waals surface area contributed by atoms with E-state index in [1.54, 1.807) is 0 Å². The molecule has 6 heteroatoms. The van der Waals surface area contributed by atoms with E-state index in [1.165, 1.54) is 0 Å². The first kappa shape index (κ1) is 12.1. The van der Waals surface area contributed by atoms with E-state index in [2.05, 4.69) is 4.99 Å². The monoisotopic (exact) mass is 246 g/mol. The summed E-state index contributed by atoms with van der Waals surface area (Å²) in [7, 11) is 1.86. The molecule has 0 saturated heterocycles. The van der Waals surface area contributed by atoms with E-state index in [-0.39, 0.29) is 5.71 Å². The third-order valence-electron chi connectivity index (χ3n) is 2.68. The number of hydrogen-bond acceptors (Lipinski definition) is 4. The second-order valence-corrected chi connectivity index (χ2v) is 4.23. The third kappa shape index (κ3) is 2.32. The molecule has 6 nitrogen and oxygen atoms in total. The van der Waals surface area contributed by atoms with Crippen molar-refractivity contribution in [3.05, 3.63) is 23.8 Å². The van der Waals surface area contributed by atoms with Gasteiger partial charge in [0.15, 0.2) is 0 Å². The maximum atomic E-state index is 11.7. The Balaban J connectivity index is 2.36. The fourth-order valence-electron chi connectivity index (χ4n) is 1.84. The molecule has 0 spiro atoms. The summed E-state index contributed by atoms with van der Waals surface area (Å²) in [4.78, 5) is 28.5. The largest absolute Gasteiger partial charge is 0.367 e. The van der Waals surface area contributed by atoms with Crippen LogP contribution in [0.25, 0.3) is 0 Å². The average Bonchev–Trinajstić information content (AvgIpc) is 2.27. The smallest absolute Gasteiger partial charge is 0.319 e. The molecule has 3 amide bonds. The Bertz CT molecular complexity index is 551. The SMILES string of the molecule is Cc1ccc2c(c1)N=C(C(=O)NC(N)=O)CN2C. The lowest BCUT2D eigenvalue weighted by atomic mass is 10.1. The van der Waals surface area contributed by atoms with Gasteiger partial charge in [0.05, 0.1) is 17.9 Å². The van der Waals surface area contributed by atoms with Crippen molar-refractivity contribution in [2.75, 3.05) is 18.5 Å². The molecule has 3 N–H and O–H groups in total. The first-order valence-electron chi connectivity index (χ1n) is 5.47. The van der Waals surface area contributed by atoms with Crippen molar-refractivity contribution < 1.29 is 9.59 Å². The molecule has 0 fully saturated rings. The van der Waals surface area contributed by atoms with Gasteiger partial charge in [0, 0.05) is 7.05 Å². The van der Waals surface area contributed by atoms with Gasteiger partial charge in [0.1, 0.15) is 5.71 Å². The molecule has 2 rings (SSSR count). The van der Waals surface area contributed by atoms with Gasteiger partial charge in [-0.2, -0.15) is 0 Å². The highest BCUT2D eigenvalue weighted by atomic mass is 16.2. The molecule has 1 heterocycles. The number of nitrogens with two attached hydrogens (primary N) is 1. The topological polar surface area (TPSA) is 87.8 Å². The van der Waals surface area contributed by atoms with Crippen LogP contribution in [0.5, 0.6) is 0 Å². The Morgan fingerprint density at radius 1 is 1.44 bits per heavy atom. The molecule has 0 saturated carbocycles. The Morgan fingerprint density at radius 3 is 2.83 bits per heavy atom. The first-order valence-corrected chi connectivity index (χ1v) is 5.47. The zero-order valence-electron chi connectivity index (χ0n) is 10.2. The van der Waals surface area contributed by atoms with Gasteiger partial charge in [-0.05, 0) is 24.6 Å². The molecule has 0 atom stereocenters.